The van der Waals surface area contributed by atoms with Crippen LogP contribution in [0.25, 0.3) is 10.9 Å². The molecule has 0 radical (unpaired) electrons. The summed E-state index contributed by atoms with van der Waals surface area (Å²) in [5.41, 5.74) is 2.06. The molecular weight excluding hydrogens is 482 g/mol. The highest BCUT2D eigenvalue weighted by Crippen LogP contribution is 2.32. The number of aromatic nitrogens is 2. The quantitative estimate of drug-likeness (QED) is 0.232. The van der Waals surface area contributed by atoms with E-state index in [1.807, 2.05) is 28.8 Å². The van der Waals surface area contributed by atoms with Crippen molar-refractivity contribution in [2.24, 2.45) is 0 Å². The molecule has 1 fully saturated rings. The molecule has 1 amide bonds. The summed E-state index contributed by atoms with van der Waals surface area (Å²) in [5, 5.41) is 4.77. The topological polar surface area (TPSA) is 77.1 Å². The average molecular weight is 508 g/mol. The molecular formula is C27H26ClN3O3S. The fourth-order valence-corrected chi connectivity index (χ4v) is 5.64. The Morgan fingerprint density at radius 3 is 2.66 bits per heavy atom. The molecule has 0 unspecified atom stereocenters. The summed E-state index contributed by atoms with van der Waals surface area (Å²) in [5.74, 6) is 1.11. The second kappa shape index (κ2) is 10.7. The monoisotopic (exact) mass is 507 g/mol. The molecule has 2 aromatic carbocycles. The number of nitrogens with zero attached hydrogens (tertiary/aromatic N) is 2. The van der Waals surface area contributed by atoms with E-state index in [0.717, 1.165) is 31.2 Å². The van der Waals surface area contributed by atoms with Gasteiger partial charge in [0, 0.05) is 22.4 Å². The van der Waals surface area contributed by atoms with E-state index in [0.29, 0.717) is 44.7 Å². The van der Waals surface area contributed by atoms with Crippen LogP contribution in [0.2, 0.25) is 5.02 Å². The van der Waals surface area contributed by atoms with Crippen molar-refractivity contribution in [2.45, 2.75) is 55.6 Å². The van der Waals surface area contributed by atoms with Gasteiger partial charge in [0.25, 0.3) is 11.5 Å². The number of fused-ring (bicyclic) bond motifs is 1. The fraction of sp³-hybridized carbons (Fsp3) is 0.296. The lowest BCUT2D eigenvalue weighted by Crippen LogP contribution is -2.29. The van der Waals surface area contributed by atoms with Gasteiger partial charge in [0.05, 0.1) is 23.7 Å². The predicted octanol–water partition coefficient (Wildman–Crippen LogP) is 6.37. The Labute approximate surface area is 212 Å². The number of amides is 1. The SMILES string of the molecule is O=C(NCc1ccco1)c1ccc2c(=O)n(C3CCCCC3)c(SCc3ccc(Cl)cc3)nc2c1. The molecule has 0 saturated heterocycles. The summed E-state index contributed by atoms with van der Waals surface area (Å²) in [7, 11) is 0. The molecule has 6 nitrogen and oxygen atoms in total. The highest BCUT2D eigenvalue weighted by molar-refractivity contribution is 7.98. The van der Waals surface area contributed by atoms with Gasteiger partial charge < -0.3 is 9.73 Å². The fourth-order valence-electron chi connectivity index (χ4n) is 4.49. The third-order valence-corrected chi connectivity index (χ3v) is 7.63. The van der Waals surface area contributed by atoms with Crippen molar-refractivity contribution in [1.82, 2.24) is 14.9 Å². The highest BCUT2D eigenvalue weighted by atomic mass is 35.5. The number of furan rings is 1. The molecule has 2 heterocycles. The number of benzene rings is 2. The Balaban J connectivity index is 1.47. The van der Waals surface area contributed by atoms with E-state index >= 15 is 0 Å². The van der Waals surface area contributed by atoms with Gasteiger partial charge in [-0.2, -0.15) is 0 Å². The minimum Gasteiger partial charge on any atom is -0.467 e. The molecule has 4 aromatic rings. The van der Waals surface area contributed by atoms with Crippen molar-refractivity contribution in [2.75, 3.05) is 0 Å². The summed E-state index contributed by atoms with van der Waals surface area (Å²) in [4.78, 5) is 31.3. The molecule has 0 atom stereocenters. The van der Waals surface area contributed by atoms with Crippen LogP contribution in [0.5, 0.6) is 0 Å². The summed E-state index contributed by atoms with van der Waals surface area (Å²) in [6.45, 7) is 0.294. The van der Waals surface area contributed by atoms with Gasteiger partial charge in [-0.3, -0.25) is 14.2 Å². The minimum absolute atomic E-state index is 0.0388. The van der Waals surface area contributed by atoms with E-state index < -0.39 is 0 Å². The molecule has 8 heteroatoms. The number of nitrogens with one attached hydrogen (secondary N) is 1. The Morgan fingerprint density at radius 1 is 1.11 bits per heavy atom. The first kappa shape index (κ1) is 23.7. The van der Waals surface area contributed by atoms with E-state index in [-0.39, 0.29) is 17.5 Å². The first-order valence-corrected chi connectivity index (χ1v) is 13.2. The minimum atomic E-state index is -0.239. The van der Waals surface area contributed by atoms with Gasteiger partial charge in [-0.05, 0) is 60.9 Å². The van der Waals surface area contributed by atoms with Gasteiger partial charge >= 0.3 is 0 Å². The van der Waals surface area contributed by atoms with Crippen LogP contribution in [0.4, 0.5) is 0 Å². The van der Waals surface area contributed by atoms with Gasteiger partial charge in [0.2, 0.25) is 0 Å². The second-order valence-electron chi connectivity index (χ2n) is 8.77. The number of rotatable bonds is 7. The molecule has 2 aromatic heterocycles. The van der Waals surface area contributed by atoms with Gasteiger partial charge in [-0.25, -0.2) is 4.98 Å². The van der Waals surface area contributed by atoms with Crippen LogP contribution in [0.3, 0.4) is 0 Å². The van der Waals surface area contributed by atoms with Crippen molar-refractivity contribution < 1.29 is 9.21 Å². The molecule has 0 aliphatic heterocycles. The van der Waals surface area contributed by atoms with Crippen molar-refractivity contribution in [3.63, 3.8) is 0 Å². The van der Waals surface area contributed by atoms with Crippen LogP contribution in [0.15, 0.2) is 75.2 Å². The number of carbonyl (C=O) groups excluding carboxylic acids is 1. The molecule has 1 aliphatic carbocycles. The zero-order valence-electron chi connectivity index (χ0n) is 19.2. The molecule has 35 heavy (non-hydrogen) atoms. The van der Waals surface area contributed by atoms with Crippen molar-refractivity contribution in [1.29, 1.82) is 0 Å². The van der Waals surface area contributed by atoms with Gasteiger partial charge in [0.15, 0.2) is 5.16 Å². The van der Waals surface area contributed by atoms with Crippen molar-refractivity contribution in [3.8, 4) is 0 Å². The van der Waals surface area contributed by atoms with Crippen LogP contribution in [-0.4, -0.2) is 15.5 Å². The van der Waals surface area contributed by atoms with Crippen LogP contribution in [-0.2, 0) is 12.3 Å². The molecule has 0 spiro atoms. The molecule has 5 rings (SSSR count). The lowest BCUT2D eigenvalue weighted by Gasteiger charge is -2.26. The number of hydrogen-bond donors (Lipinski definition) is 1. The molecule has 0 bridgehead atoms. The van der Waals surface area contributed by atoms with E-state index in [2.05, 4.69) is 5.32 Å². The highest BCUT2D eigenvalue weighted by Gasteiger charge is 2.22. The van der Waals surface area contributed by atoms with Crippen LogP contribution in [0, 0.1) is 0 Å². The average Bonchev–Trinajstić information content (AvgIpc) is 3.41. The predicted molar refractivity (Wildman–Crippen MR) is 139 cm³/mol. The third-order valence-electron chi connectivity index (χ3n) is 6.36. The Morgan fingerprint density at radius 2 is 1.91 bits per heavy atom. The largest absolute Gasteiger partial charge is 0.467 e. The first-order chi connectivity index (χ1) is 17.1. The maximum atomic E-state index is 13.6. The van der Waals surface area contributed by atoms with E-state index in [1.54, 1.807) is 48.4 Å². The maximum absolute atomic E-state index is 13.6. The Hall–Kier alpha value is -3.03. The van der Waals surface area contributed by atoms with Crippen LogP contribution in [0.1, 0.15) is 59.8 Å². The third kappa shape index (κ3) is 5.46. The summed E-state index contributed by atoms with van der Waals surface area (Å²) in [6, 6.07) is 16.6. The Bertz CT molecular complexity index is 1380. The lowest BCUT2D eigenvalue weighted by molar-refractivity contribution is 0.0948. The molecule has 1 aliphatic rings. The van der Waals surface area contributed by atoms with E-state index in [4.69, 9.17) is 21.0 Å². The van der Waals surface area contributed by atoms with Crippen LogP contribution >= 0.6 is 23.4 Å². The standard InChI is InChI=1S/C27H26ClN3O3S/c28-20-11-8-18(9-12-20)17-35-27-30-24-15-19(25(32)29-16-22-7-4-14-34-22)10-13-23(24)26(33)31(27)21-5-2-1-3-6-21/h4,7-15,21H,1-3,5-6,16-17H2,(H,29,32). The number of carbonyl (C=O) groups is 1. The van der Waals surface area contributed by atoms with Crippen molar-refractivity contribution in [3.05, 3.63) is 93.1 Å². The summed E-state index contributed by atoms with van der Waals surface area (Å²) in [6.07, 6.45) is 6.97. The number of thioether (sulfide) groups is 1. The lowest BCUT2D eigenvalue weighted by atomic mass is 9.95. The number of hydrogen-bond acceptors (Lipinski definition) is 5. The summed E-state index contributed by atoms with van der Waals surface area (Å²) < 4.78 is 7.17. The molecule has 1 N–H and O–H groups in total. The molecule has 180 valence electrons. The first-order valence-electron chi connectivity index (χ1n) is 11.8. The zero-order chi connectivity index (χ0) is 24.2. The Kier molecular flexibility index (Phi) is 7.25. The van der Waals surface area contributed by atoms with Crippen molar-refractivity contribution >= 4 is 40.2 Å². The zero-order valence-corrected chi connectivity index (χ0v) is 20.8. The van der Waals surface area contributed by atoms with Gasteiger partial charge in [0.1, 0.15) is 5.76 Å². The van der Waals surface area contributed by atoms with Gasteiger partial charge in [-0.15, -0.1) is 0 Å². The van der Waals surface area contributed by atoms with E-state index in [9.17, 15) is 9.59 Å². The van der Waals surface area contributed by atoms with E-state index in [1.165, 1.54) is 6.42 Å². The normalized spacial score (nSPS) is 14.3. The smallest absolute Gasteiger partial charge is 0.262 e. The van der Waals surface area contributed by atoms with Gasteiger partial charge in [-0.1, -0.05) is 54.8 Å². The summed E-state index contributed by atoms with van der Waals surface area (Å²) >= 11 is 7.58. The maximum Gasteiger partial charge on any atom is 0.262 e. The molecule has 1 saturated carbocycles. The van der Waals surface area contributed by atoms with Crippen LogP contribution < -0.4 is 10.9 Å². The second-order valence-corrected chi connectivity index (χ2v) is 10.1. The number of halogens is 1.